The lowest BCUT2D eigenvalue weighted by atomic mass is 9.98. The van der Waals surface area contributed by atoms with Crippen molar-refractivity contribution in [1.29, 1.82) is 0 Å². The molecule has 17 heteroatoms. The van der Waals surface area contributed by atoms with Crippen molar-refractivity contribution in [2.45, 2.75) is 237 Å². The van der Waals surface area contributed by atoms with Crippen LogP contribution in [-0.4, -0.2) is 120 Å². The molecule has 0 radical (unpaired) electrons. The summed E-state index contributed by atoms with van der Waals surface area (Å²) >= 11 is 1.28. The van der Waals surface area contributed by atoms with Gasteiger partial charge < -0.3 is 45.3 Å². The van der Waals surface area contributed by atoms with Crippen LogP contribution < -0.4 is 10.6 Å². The normalized spacial score (nSPS) is 19.5. The fraction of sp³-hybridized carbons (Fsp3) is 0.872. The molecule has 5 unspecified atom stereocenters. The van der Waals surface area contributed by atoms with E-state index in [1.165, 1.54) is 95.0 Å². The number of hydrogen-bond donors (Lipinski definition) is 6. The van der Waals surface area contributed by atoms with Crippen LogP contribution in [0.1, 0.15) is 200 Å². The first-order valence-corrected chi connectivity index (χ1v) is 25.9. The Morgan fingerprint density at radius 2 is 1.19 bits per heavy atom. The number of ether oxygens (including phenoxy) is 3. The van der Waals surface area contributed by atoms with E-state index in [0.717, 1.165) is 68.9 Å². The first-order valence-electron chi connectivity index (χ1n) is 24.8. The second kappa shape index (κ2) is 36.3. The molecule has 2 amide bonds. The zero-order valence-electron chi connectivity index (χ0n) is 39.4. The number of thioether (sulfide) groups is 1. The van der Waals surface area contributed by atoms with Gasteiger partial charge in [0.15, 0.2) is 12.0 Å². The number of aliphatic hydroxyl groups excluding tert-OH is 4. The Morgan fingerprint density at radius 1 is 0.688 bits per heavy atom. The number of nitrogens with one attached hydrogen (secondary N) is 2. The van der Waals surface area contributed by atoms with Gasteiger partial charge >= 0.3 is 11.9 Å². The summed E-state index contributed by atoms with van der Waals surface area (Å²) in [7, 11) is 0. The number of carbonyl (C=O) groups excluding carboxylic acids is 4. The molecule has 0 aromatic carbocycles. The van der Waals surface area contributed by atoms with Crippen LogP contribution in [0.4, 0.5) is 5.82 Å². The third kappa shape index (κ3) is 25.2. The number of hydrogen-bond acceptors (Lipinski definition) is 14. The summed E-state index contributed by atoms with van der Waals surface area (Å²) in [6, 6.07) is -1.04. The van der Waals surface area contributed by atoms with Crippen LogP contribution in [-0.2, 0) is 33.4 Å². The molecule has 1 aromatic heterocycles. The fourth-order valence-corrected chi connectivity index (χ4v) is 8.62. The van der Waals surface area contributed by atoms with E-state index in [1.54, 1.807) is 0 Å². The lowest BCUT2D eigenvalue weighted by Gasteiger charge is -2.39. The van der Waals surface area contributed by atoms with E-state index in [2.05, 4.69) is 41.7 Å². The quantitative estimate of drug-likeness (QED) is 0.0278. The van der Waals surface area contributed by atoms with E-state index in [1.807, 2.05) is 0 Å². The van der Waals surface area contributed by atoms with Crippen LogP contribution in [0.2, 0.25) is 0 Å². The molecule has 0 saturated carbocycles. The molecule has 370 valence electrons. The number of carbonyl (C=O) groups is 4. The van der Waals surface area contributed by atoms with Crippen LogP contribution in [0.25, 0.3) is 0 Å². The van der Waals surface area contributed by atoms with Crippen molar-refractivity contribution in [1.82, 2.24) is 20.3 Å². The molecule has 0 spiro atoms. The van der Waals surface area contributed by atoms with Gasteiger partial charge in [0, 0.05) is 30.8 Å². The third-order valence-corrected chi connectivity index (χ3v) is 12.8. The Kier molecular flexibility index (Phi) is 32.5. The molecule has 1 aliphatic heterocycles. The van der Waals surface area contributed by atoms with E-state index in [4.69, 9.17) is 14.2 Å². The molecule has 1 saturated heterocycles. The maximum atomic E-state index is 13.8. The average molecular weight is 928 g/mol. The number of rotatable bonds is 39. The van der Waals surface area contributed by atoms with Crippen molar-refractivity contribution < 1.29 is 53.8 Å². The summed E-state index contributed by atoms with van der Waals surface area (Å²) in [5, 5.41) is 54.0. The standard InChI is InChI=1S/C47H85N5O11S/c1-4-7-10-13-16-19-22-25-28-40(54)48-37(46(60)49-39-31-52(51-50-39)47-45(59)44(58)43(57)38(32-53)63-47)35-64-34-36(62-42(56)30-27-24-21-18-15-12-9-6-3)33-61-41(55)29-26-23-20-17-14-11-8-5-2/h31,36-38,43-45,47,53,57-59H,4-30,32-35H2,1-3H3,(H,48,54)(H,49,60)/t36-,37-,38?,43?,44?,45?,47?/m1/s1. The van der Waals surface area contributed by atoms with Crippen molar-refractivity contribution in [2.75, 3.05) is 30.0 Å². The number of aliphatic hydroxyl groups is 4. The highest BCUT2D eigenvalue weighted by Crippen LogP contribution is 2.28. The van der Waals surface area contributed by atoms with E-state index in [-0.39, 0.29) is 61.0 Å². The minimum absolute atomic E-state index is 0.0366. The lowest BCUT2D eigenvalue weighted by molar-refractivity contribution is -0.254. The Balaban J connectivity index is 2.07. The van der Waals surface area contributed by atoms with E-state index in [9.17, 15) is 39.6 Å². The Labute approximate surface area is 387 Å². The number of aromatic nitrogens is 3. The molecule has 0 aliphatic carbocycles. The van der Waals surface area contributed by atoms with Crippen molar-refractivity contribution in [3.05, 3.63) is 6.20 Å². The summed E-state index contributed by atoms with van der Waals surface area (Å²) in [5.41, 5.74) is 0. The first kappa shape index (κ1) is 57.3. The Hall–Kier alpha value is -2.83. The summed E-state index contributed by atoms with van der Waals surface area (Å²) in [6.45, 7) is 5.83. The molecule has 0 bridgehead atoms. The summed E-state index contributed by atoms with van der Waals surface area (Å²) in [6.07, 6.45) is 20.0. The van der Waals surface area contributed by atoms with Crippen molar-refractivity contribution >= 4 is 41.3 Å². The lowest BCUT2D eigenvalue weighted by Crippen LogP contribution is -2.56. The number of amides is 2. The summed E-state index contributed by atoms with van der Waals surface area (Å²) < 4.78 is 18.1. The van der Waals surface area contributed by atoms with Crippen LogP contribution in [0.15, 0.2) is 6.20 Å². The van der Waals surface area contributed by atoms with E-state index < -0.39 is 55.3 Å². The molecule has 1 aliphatic rings. The molecule has 2 heterocycles. The number of esters is 2. The predicted molar refractivity (Wildman–Crippen MR) is 249 cm³/mol. The number of nitrogens with zero attached hydrogens (tertiary/aromatic N) is 3. The molecule has 16 nitrogen and oxygen atoms in total. The maximum Gasteiger partial charge on any atom is 0.306 e. The summed E-state index contributed by atoms with van der Waals surface area (Å²) in [4.78, 5) is 52.7. The fourth-order valence-electron chi connectivity index (χ4n) is 7.58. The van der Waals surface area contributed by atoms with Gasteiger partial charge in [0.05, 0.1) is 12.8 Å². The van der Waals surface area contributed by atoms with E-state index in [0.29, 0.717) is 12.8 Å². The first-order chi connectivity index (χ1) is 31.0. The molecular weight excluding hydrogens is 843 g/mol. The van der Waals surface area contributed by atoms with Crippen molar-refractivity contribution in [2.24, 2.45) is 0 Å². The highest BCUT2D eigenvalue weighted by Gasteiger charge is 2.44. The minimum atomic E-state index is -1.64. The van der Waals surface area contributed by atoms with Gasteiger partial charge in [-0.3, -0.25) is 19.2 Å². The highest BCUT2D eigenvalue weighted by molar-refractivity contribution is 7.99. The Bertz CT molecular complexity index is 1390. The second-order valence-electron chi connectivity index (χ2n) is 17.4. The largest absolute Gasteiger partial charge is 0.462 e. The number of anilines is 1. The van der Waals surface area contributed by atoms with Crippen LogP contribution >= 0.6 is 11.8 Å². The molecular formula is C47H85N5O11S. The third-order valence-electron chi connectivity index (χ3n) is 11.6. The van der Waals surface area contributed by atoms with Gasteiger partial charge in [-0.1, -0.05) is 161 Å². The van der Waals surface area contributed by atoms with Gasteiger partial charge in [-0.05, 0) is 19.3 Å². The highest BCUT2D eigenvalue weighted by atomic mass is 32.2. The maximum absolute atomic E-state index is 13.8. The zero-order chi connectivity index (χ0) is 46.8. The monoisotopic (exact) mass is 928 g/mol. The van der Waals surface area contributed by atoms with Gasteiger partial charge in [-0.15, -0.1) is 5.10 Å². The topological polar surface area (TPSA) is 232 Å². The Morgan fingerprint density at radius 3 is 1.72 bits per heavy atom. The number of unbranched alkanes of at least 4 members (excludes halogenated alkanes) is 21. The molecule has 64 heavy (non-hydrogen) atoms. The molecule has 2 rings (SSSR count). The zero-order valence-corrected chi connectivity index (χ0v) is 40.3. The predicted octanol–water partition coefficient (Wildman–Crippen LogP) is 7.45. The molecule has 7 atom stereocenters. The van der Waals surface area contributed by atoms with Crippen molar-refractivity contribution in [3.8, 4) is 0 Å². The van der Waals surface area contributed by atoms with Crippen LogP contribution in [0.5, 0.6) is 0 Å². The minimum Gasteiger partial charge on any atom is -0.462 e. The second-order valence-corrected chi connectivity index (χ2v) is 18.5. The van der Waals surface area contributed by atoms with Crippen LogP contribution in [0, 0.1) is 0 Å². The van der Waals surface area contributed by atoms with E-state index >= 15 is 0 Å². The summed E-state index contributed by atoms with van der Waals surface area (Å²) in [5.74, 6) is -1.34. The molecule has 1 aromatic rings. The van der Waals surface area contributed by atoms with Gasteiger partial charge in [0.25, 0.3) is 0 Å². The van der Waals surface area contributed by atoms with Gasteiger partial charge in [-0.2, -0.15) is 11.8 Å². The molecule has 1 fully saturated rings. The molecule has 6 N–H and O–H groups in total. The van der Waals surface area contributed by atoms with Crippen molar-refractivity contribution in [3.63, 3.8) is 0 Å². The van der Waals surface area contributed by atoms with Gasteiger partial charge in [0.1, 0.15) is 43.2 Å². The SMILES string of the molecule is CCCCCCCCCCC(=O)N[C@H](CSC[C@@H](COC(=O)CCCCCCCCCC)OC(=O)CCCCCCCCCC)C(=O)Nc1cn(C2OC(CO)C(O)C(O)C2O)nn1. The van der Waals surface area contributed by atoms with Gasteiger partial charge in [-0.25, -0.2) is 4.68 Å². The van der Waals surface area contributed by atoms with Gasteiger partial charge in [0.2, 0.25) is 11.8 Å². The smallest absolute Gasteiger partial charge is 0.306 e. The van der Waals surface area contributed by atoms with Crippen LogP contribution in [0.3, 0.4) is 0 Å². The average Bonchev–Trinajstić information content (AvgIpc) is 3.74.